The van der Waals surface area contributed by atoms with E-state index in [1.165, 1.54) is 20.7 Å². The lowest BCUT2D eigenvalue weighted by Crippen LogP contribution is -2.74. The van der Waals surface area contributed by atoms with Crippen LogP contribution in [0.4, 0.5) is 0 Å². The Hall–Kier alpha value is -6.42. The Morgan fingerprint density at radius 3 is 1.47 bits per heavy atom. The van der Waals surface area contributed by atoms with E-state index in [4.69, 9.17) is 8.22 Å². The number of aromatic nitrogens is 2. The van der Waals surface area contributed by atoms with Gasteiger partial charge in [-0.25, -0.2) is 0 Å². The first-order valence-electron chi connectivity index (χ1n) is 21.0. The van der Waals surface area contributed by atoms with Crippen molar-refractivity contribution in [1.82, 2.24) is 9.13 Å². The van der Waals surface area contributed by atoms with Gasteiger partial charge in [-0.3, -0.25) is 0 Å². The number of hydrogen-bond acceptors (Lipinski definition) is 0. The average molecular weight is 675 g/mol. The molecule has 2 heterocycles. The Bertz CT molecular complexity index is 3140. The minimum absolute atomic E-state index is 0.0514. The molecule has 10 aromatic rings. The molecule has 0 bridgehead atoms. The van der Waals surface area contributed by atoms with Gasteiger partial charge in [0.15, 0.2) is 8.07 Å². The number of benzene rings is 8. The van der Waals surface area contributed by atoms with Crippen LogP contribution < -0.4 is 20.7 Å². The van der Waals surface area contributed by atoms with Crippen LogP contribution in [0.2, 0.25) is 0 Å². The molecule has 0 radical (unpaired) electrons. The van der Waals surface area contributed by atoms with Crippen LogP contribution in [0, 0.1) is 0 Å². The van der Waals surface area contributed by atoms with Gasteiger partial charge in [-0.05, 0) is 63.2 Å². The molecule has 2 aromatic heterocycles. The van der Waals surface area contributed by atoms with Crippen LogP contribution >= 0.6 is 0 Å². The third-order valence-electron chi connectivity index (χ3n) is 10.1. The summed E-state index contributed by atoms with van der Waals surface area (Å²) in [6, 6.07) is 51.6. The lowest BCUT2D eigenvalue weighted by atomic mass is 10.1. The highest BCUT2D eigenvalue weighted by Crippen LogP contribution is 2.39. The molecule has 0 aliphatic heterocycles. The molecule has 3 heteroatoms. The van der Waals surface area contributed by atoms with Crippen molar-refractivity contribution < 1.29 is 11.0 Å². The predicted molar refractivity (Wildman–Crippen MR) is 219 cm³/mol. The van der Waals surface area contributed by atoms with Gasteiger partial charge in [-0.2, -0.15) is 0 Å². The van der Waals surface area contributed by atoms with Gasteiger partial charge in [0, 0.05) is 27.2 Å². The number of nitrogens with zero attached hydrogens (tertiary/aromatic N) is 2. The zero-order valence-corrected chi connectivity index (χ0v) is 28.4. The van der Waals surface area contributed by atoms with Crippen LogP contribution in [0.5, 0.6) is 0 Å². The molecular weight excluding hydrogens is 633 g/mol. The molecule has 0 spiro atoms. The molecule has 0 saturated heterocycles. The maximum absolute atomic E-state index is 9.17. The molecule has 10 rings (SSSR count). The molecule has 8 aromatic carbocycles. The van der Waals surface area contributed by atoms with E-state index in [0.717, 1.165) is 27.5 Å². The van der Waals surface area contributed by atoms with Crippen LogP contribution in [-0.2, 0) is 0 Å². The van der Waals surface area contributed by atoms with E-state index in [1.54, 1.807) is 4.57 Å². The summed E-state index contributed by atoms with van der Waals surface area (Å²) in [5, 5.41) is 6.68. The van der Waals surface area contributed by atoms with Gasteiger partial charge >= 0.3 is 0 Å². The summed E-state index contributed by atoms with van der Waals surface area (Å²) in [5.41, 5.74) is 3.37. The fraction of sp³-hybridized carbons (Fsp3) is 0. The summed E-state index contributed by atoms with van der Waals surface area (Å²) < 4.78 is 74.6. The molecule has 240 valence electrons. The van der Waals surface area contributed by atoms with Gasteiger partial charge in [-0.15, -0.1) is 0 Å². The number of rotatable bonds is 6. The van der Waals surface area contributed by atoms with Gasteiger partial charge in [0.25, 0.3) is 0 Å². The van der Waals surface area contributed by atoms with Gasteiger partial charge in [0.2, 0.25) is 0 Å². The van der Waals surface area contributed by atoms with E-state index < -0.39 is 32.2 Å². The van der Waals surface area contributed by atoms with Crippen molar-refractivity contribution in [2.75, 3.05) is 0 Å². The highest BCUT2D eigenvalue weighted by Gasteiger charge is 2.41. The van der Waals surface area contributed by atoms with Crippen molar-refractivity contribution in [1.29, 1.82) is 0 Å². The Kier molecular flexibility index (Phi) is 5.20. The number of hydrogen-bond donors (Lipinski definition) is 0. The van der Waals surface area contributed by atoms with E-state index in [1.807, 2.05) is 36.4 Å². The fourth-order valence-corrected chi connectivity index (χ4v) is 12.9. The molecule has 0 fully saturated rings. The second kappa shape index (κ2) is 11.9. The van der Waals surface area contributed by atoms with Crippen molar-refractivity contribution in [3.8, 4) is 11.4 Å². The predicted octanol–water partition coefficient (Wildman–Crippen LogP) is 9.26. The Labute approximate surface area is 309 Å². The Morgan fingerprint density at radius 2 is 0.863 bits per heavy atom. The molecular formula is C48H34N2Si. The second-order valence-electron chi connectivity index (χ2n) is 12.7. The van der Waals surface area contributed by atoms with E-state index >= 15 is 0 Å². The van der Waals surface area contributed by atoms with Crippen molar-refractivity contribution in [3.05, 3.63) is 206 Å². The standard InChI is InChI=1S/C48H34N2Si/c1-4-19-36(20-5-1)51(37-21-6-2-7-22-37,38-23-8-3-9-24-38)39-25-16-18-35(34-39)49-45-31-15-12-28-42(45)48-46(49)32-17-33-47(48)50-43-29-13-10-26-40(43)41-27-11-14-30-44(41)50/h1-34H/i10D,11D,13D,14D,26D,27D,29D,30D. The van der Waals surface area contributed by atoms with Crippen LogP contribution in [0.15, 0.2) is 206 Å². The SMILES string of the molecule is [2H]c1c([2H])c([2H])c2c(c1[2H])c1c([2H])c([2H])c([2H])c([2H])c1n2-c1cccc2c1c1ccccc1n2-c1cccc([Si](c2ccccc2)(c2ccccc2)c2ccccc2)c1. The van der Waals surface area contributed by atoms with E-state index in [-0.39, 0.29) is 46.0 Å². The Balaban J connectivity index is 1.33. The van der Waals surface area contributed by atoms with Crippen molar-refractivity contribution in [3.63, 3.8) is 0 Å². The van der Waals surface area contributed by atoms with Gasteiger partial charge in [0.05, 0.1) is 38.7 Å². The number of para-hydroxylation sites is 3. The maximum atomic E-state index is 9.17. The molecule has 2 nitrogen and oxygen atoms in total. The topological polar surface area (TPSA) is 9.86 Å². The third kappa shape index (κ3) is 4.42. The summed E-state index contributed by atoms with van der Waals surface area (Å²) >= 11 is 0. The zero-order valence-electron chi connectivity index (χ0n) is 35.4. The molecule has 0 aliphatic rings. The van der Waals surface area contributed by atoms with Gasteiger partial charge in [0.1, 0.15) is 0 Å². The van der Waals surface area contributed by atoms with Crippen molar-refractivity contribution in [2.24, 2.45) is 0 Å². The average Bonchev–Trinajstić information content (AvgIpc) is 3.82. The molecule has 0 aliphatic carbocycles. The van der Waals surface area contributed by atoms with E-state index in [2.05, 4.69) is 126 Å². The summed E-state index contributed by atoms with van der Waals surface area (Å²) in [6.45, 7) is 0. The van der Waals surface area contributed by atoms with E-state index in [9.17, 15) is 2.74 Å². The monoisotopic (exact) mass is 674 g/mol. The maximum Gasteiger partial charge on any atom is 0.179 e. The van der Waals surface area contributed by atoms with Gasteiger partial charge in [-0.1, -0.05) is 164 Å². The van der Waals surface area contributed by atoms with Crippen LogP contribution in [0.25, 0.3) is 55.0 Å². The molecule has 0 N–H and O–H groups in total. The fourth-order valence-electron chi connectivity index (χ4n) is 8.07. The van der Waals surface area contributed by atoms with Crippen molar-refractivity contribution >= 4 is 72.4 Å². The van der Waals surface area contributed by atoms with Gasteiger partial charge < -0.3 is 9.13 Å². The smallest absolute Gasteiger partial charge is 0.179 e. The lowest BCUT2D eigenvalue weighted by Gasteiger charge is -2.34. The first-order valence-corrected chi connectivity index (χ1v) is 19.0. The second-order valence-corrected chi connectivity index (χ2v) is 16.5. The normalized spacial score (nSPS) is 14.1. The Morgan fingerprint density at radius 1 is 0.373 bits per heavy atom. The zero-order chi connectivity index (χ0) is 40.7. The number of fused-ring (bicyclic) bond motifs is 6. The highest BCUT2D eigenvalue weighted by molar-refractivity contribution is 7.19. The lowest BCUT2D eigenvalue weighted by molar-refractivity contribution is 1.17. The first-order chi connectivity index (χ1) is 28.7. The quantitative estimate of drug-likeness (QED) is 0.123. The molecule has 0 amide bonds. The van der Waals surface area contributed by atoms with Crippen molar-refractivity contribution in [2.45, 2.75) is 0 Å². The third-order valence-corrected chi connectivity index (χ3v) is 14.9. The molecule has 51 heavy (non-hydrogen) atoms. The van der Waals surface area contributed by atoms with Crippen LogP contribution in [0.3, 0.4) is 0 Å². The summed E-state index contributed by atoms with van der Waals surface area (Å²) in [4.78, 5) is 0. The van der Waals surface area contributed by atoms with E-state index in [0.29, 0.717) is 5.69 Å². The first kappa shape index (κ1) is 22.3. The van der Waals surface area contributed by atoms with Crippen LogP contribution in [0.1, 0.15) is 11.0 Å². The largest absolute Gasteiger partial charge is 0.309 e. The molecule has 0 unspecified atom stereocenters. The minimum Gasteiger partial charge on any atom is -0.309 e. The summed E-state index contributed by atoms with van der Waals surface area (Å²) in [5.74, 6) is 0. The van der Waals surface area contributed by atoms with Crippen LogP contribution in [-0.4, -0.2) is 17.2 Å². The molecule has 0 saturated carbocycles. The minimum atomic E-state index is -2.90. The molecule has 0 atom stereocenters. The summed E-state index contributed by atoms with van der Waals surface area (Å²) in [7, 11) is -2.90. The highest BCUT2D eigenvalue weighted by atomic mass is 28.3. The summed E-state index contributed by atoms with van der Waals surface area (Å²) in [6.07, 6.45) is 0.